The molecular weight excluding hydrogens is 252 g/mol. The lowest BCUT2D eigenvalue weighted by Gasteiger charge is -2.13. The molecule has 4 nitrogen and oxygen atoms in total. The smallest absolute Gasteiger partial charge is 0.251 e. The molecule has 0 aliphatic carbocycles. The number of rotatable bonds is 7. The van der Waals surface area contributed by atoms with Gasteiger partial charge in [0.15, 0.2) is 0 Å². The maximum absolute atomic E-state index is 11.9. The van der Waals surface area contributed by atoms with Crippen LogP contribution < -0.4 is 10.6 Å². The van der Waals surface area contributed by atoms with E-state index in [1.54, 1.807) is 30.3 Å². The van der Waals surface area contributed by atoms with Crippen LogP contribution >= 0.6 is 0 Å². The number of carbonyl (C=O) groups is 2. The quantitative estimate of drug-likeness (QED) is 0.751. The Kier molecular flexibility index (Phi) is 6.50. The van der Waals surface area contributed by atoms with Crippen LogP contribution in [0.5, 0.6) is 0 Å². The molecule has 0 spiro atoms. The first-order valence-electron chi connectivity index (χ1n) is 6.92. The average Bonchev–Trinajstić information content (AvgIpc) is 2.46. The van der Waals surface area contributed by atoms with Gasteiger partial charge in [0.05, 0.1) is 0 Å². The zero-order valence-electron chi connectivity index (χ0n) is 12.1. The molecule has 1 aromatic carbocycles. The predicted octanol–water partition coefficient (Wildman–Crippen LogP) is 2.98. The van der Waals surface area contributed by atoms with E-state index in [4.69, 9.17) is 0 Å². The summed E-state index contributed by atoms with van der Waals surface area (Å²) in [5.74, 6) is -0.0906. The van der Waals surface area contributed by atoms with Crippen LogP contribution in [0, 0.1) is 5.92 Å². The standard InChI is InChI=1S/C16H22N2O2/c1-4-11-17-15(19)13-7-9-14(10-8-13)18-16(20)12(5-2)6-3/h4,7-10,12H,1,5-6,11H2,2-3H3,(H,17,19)(H,18,20). The molecule has 2 N–H and O–H groups in total. The summed E-state index contributed by atoms with van der Waals surface area (Å²) in [5.41, 5.74) is 1.27. The SMILES string of the molecule is C=CCNC(=O)c1ccc(NC(=O)C(CC)CC)cc1. The van der Waals surface area contributed by atoms with E-state index < -0.39 is 0 Å². The van der Waals surface area contributed by atoms with Crippen LogP contribution in [0.25, 0.3) is 0 Å². The van der Waals surface area contributed by atoms with E-state index in [9.17, 15) is 9.59 Å². The van der Waals surface area contributed by atoms with E-state index in [2.05, 4.69) is 17.2 Å². The maximum atomic E-state index is 11.9. The zero-order valence-corrected chi connectivity index (χ0v) is 12.1. The van der Waals surface area contributed by atoms with Crippen molar-refractivity contribution in [2.75, 3.05) is 11.9 Å². The molecule has 1 rings (SSSR count). The second-order valence-electron chi connectivity index (χ2n) is 4.58. The highest BCUT2D eigenvalue weighted by molar-refractivity contribution is 5.96. The number of carbonyl (C=O) groups excluding carboxylic acids is 2. The average molecular weight is 274 g/mol. The lowest BCUT2D eigenvalue weighted by atomic mass is 10.0. The minimum absolute atomic E-state index is 0.0267. The Morgan fingerprint density at radius 2 is 1.80 bits per heavy atom. The van der Waals surface area contributed by atoms with E-state index in [1.165, 1.54) is 0 Å². The number of anilines is 1. The number of hydrogen-bond acceptors (Lipinski definition) is 2. The molecule has 0 heterocycles. The molecule has 0 aliphatic heterocycles. The largest absolute Gasteiger partial charge is 0.349 e. The molecule has 2 amide bonds. The van der Waals surface area contributed by atoms with Gasteiger partial charge in [0.1, 0.15) is 0 Å². The third-order valence-corrected chi connectivity index (χ3v) is 3.18. The second kappa shape index (κ2) is 8.15. The fraction of sp³-hybridized carbons (Fsp3) is 0.375. The van der Waals surface area contributed by atoms with Gasteiger partial charge in [-0.3, -0.25) is 9.59 Å². The topological polar surface area (TPSA) is 58.2 Å². The van der Waals surface area contributed by atoms with Gasteiger partial charge in [-0.05, 0) is 37.1 Å². The highest BCUT2D eigenvalue weighted by Gasteiger charge is 2.14. The van der Waals surface area contributed by atoms with Crippen LogP contribution in [-0.4, -0.2) is 18.4 Å². The number of hydrogen-bond donors (Lipinski definition) is 2. The molecule has 0 fully saturated rings. The van der Waals surface area contributed by atoms with Gasteiger partial charge in [0.2, 0.25) is 5.91 Å². The Balaban J connectivity index is 2.64. The molecule has 1 aromatic rings. The summed E-state index contributed by atoms with van der Waals surface area (Å²) in [6.45, 7) is 7.98. The van der Waals surface area contributed by atoms with Gasteiger partial charge in [-0.1, -0.05) is 19.9 Å². The van der Waals surface area contributed by atoms with Gasteiger partial charge < -0.3 is 10.6 Å². The van der Waals surface area contributed by atoms with Crippen molar-refractivity contribution in [3.05, 3.63) is 42.5 Å². The van der Waals surface area contributed by atoms with E-state index in [0.717, 1.165) is 12.8 Å². The Bertz CT molecular complexity index is 462. The number of benzene rings is 1. The lowest BCUT2D eigenvalue weighted by Crippen LogP contribution is -2.23. The van der Waals surface area contributed by atoms with Crippen molar-refractivity contribution in [2.45, 2.75) is 26.7 Å². The Hall–Kier alpha value is -2.10. The van der Waals surface area contributed by atoms with Crippen LogP contribution in [0.15, 0.2) is 36.9 Å². The van der Waals surface area contributed by atoms with Gasteiger partial charge in [0, 0.05) is 23.7 Å². The van der Waals surface area contributed by atoms with Crippen molar-refractivity contribution in [3.8, 4) is 0 Å². The lowest BCUT2D eigenvalue weighted by molar-refractivity contribution is -0.120. The van der Waals surface area contributed by atoms with Crippen molar-refractivity contribution < 1.29 is 9.59 Å². The first-order chi connectivity index (χ1) is 9.62. The normalized spacial score (nSPS) is 10.2. The molecule has 108 valence electrons. The molecule has 0 unspecified atom stereocenters. The number of amides is 2. The minimum atomic E-state index is -0.150. The fourth-order valence-electron chi connectivity index (χ4n) is 1.88. The Labute approximate surface area is 120 Å². The molecule has 0 aliphatic rings. The van der Waals surface area contributed by atoms with E-state index >= 15 is 0 Å². The molecule has 0 aromatic heterocycles. The molecule has 4 heteroatoms. The molecule has 0 bridgehead atoms. The molecule has 20 heavy (non-hydrogen) atoms. The second-order valence-corrected chi connectivity index (χ2v) is 4.58. The zero-order chi connectivity index (χ0) is 15.0. The summed E-state index contributed by atoms with van der Waals surface area (Å²) in [4.78, 5) is 23.6. The Morgan fingerprint density at radius 1 is 1.20 bits per heavy atom. The van der Waals surface area contributed by atoms with Crippen molar-refractivity contribution in [2.24, 2.45) is 5.92 Å². The van der Waals surface area contributed by atoms with Crippen LogP contribution in [0.1, 0.15) is 37.0 Å². The number of nitrogens with one attached hydrogen (secondary N) is 2. The van der Waals surface area contributed by atoms with E-state index in [1.807, 2.05) is 13.8 Å². The first kappa shape index (κ1) is 16.0. The van der Waals surface area contributed by atoms with Crippen molar-refractivity contribution in [3.63, 3.8) is 0 Å². The minimum Gasteiger partial charge on any atom is -0.349 e. The highest BCUT2D eigenvalue weighted by atomic mass is 16.2. The maximum Gasteiger partial charge on any atom is 0.251 e. The van der Waals surface area contributed by atoms with Crippen LogP contribution in [0.3, 0.4) is 0 Å². The third kappa shape index (κ3) is 4.53. The summed E-state index contributed by atoms with van der Waals surface area (Å²) in [6.07, 6.45) is 3.27. The summed E-state index contributed by atoms with van der Waals surface area (Å²) in [6, 6.07) is 6.87. The van der Waals surface area contributed by atoms with Crippen LogP contribution in [0.4, 0.5) is 5.69 Å². The molecule has 0 radical (unpaired) electrons. The van der Waals surface area contributed by atoms with Crippen molar-refractivity contribution >= 4 is 17.5 Å². The summed E-state index contributed by atoms with van der Waals surface area (Å²) < 4.78 is 0. The Morgan fingerprint density at radius 3 is 2.30 bits per heavy atom. The van der Waals surface area contributed by atoms with Gasteiger partial charge in [-0.2, -0.15) is 0 Å². The van der Waals surface area contributed by atoms with Gasteiger partial charge >= 0.3 is 0 Å². The molecular formula is C16H22N2O2. The molecule has 0 atom stereocenters. The third-order valence-electron chi connectivity index (χ3n) is 3.18. The summed E-state index contributed by atoms with van der Waals surface area (Å²) in [7, 11) is 0. The fourth-order valence-corrected chi connectivity index (χ4v) is 1.88. The van der Waals surface area contributed by atoms with Gasteiger partial charge in [-0.15, -0.1) is 6.58 Å². The summed E-state index contributed by atoms with van der Waals surface area (Å²) in [5, 5.41) is 5.57. The summed E-state index contributed by atoms with van der Waals surface area (Å²) >= 11 is 0. The van der Waals surface area contributed by atoms with Crippen LogP contribution in [0.2, 0.25) is 0 Å². The molecule has 0 saturated heterocycles. The van der Waals surface area contributed by atoms with Crippen molar-refractivity contribution in [1.29, 1.82) is 0 Å². The molecule has 0 saturated carbocycles. The van der Waals surface area contributed by atoms with E-state index in [-0.39, 0.29) is 17.7 Å². The van der Waals surface area contributed by atoms with Gasteiger partial charge in [-0.25, -0.2) is 0 Å². The van der Waals surface area contributed by atoms with E-state index in [0.29, 0.717) is 17.8 Å². The van der Waals surface area contributed by atoms with Crippen LogP contribution in [-0.2, 0) is 4.79 Å². The first-order valence-corrected chi connectivity index (χ1v) is 6.92. The van der Waals surface area contributed by atoms with Gasteiger partial charge in [0.25, 0.3) is 5.91 Å². The van der Waals surface area contributed by atoms with Crippen molar-refractivity contribution in [1.82, 2.24) is 5.32 Å². The monoisotopic (exact) mass is 274 g/mol. The predicted molar refractivity (Wildman–Crippen MR) is 81.7 cm³/mol. The highest BCUT2D eigenvalue weighted by Crippen LogP contribution is 2.14.